The Morgan fingerprint density at radius 1 is 0.962 bits per heavy atom. The van der Waals surface area contributed by atoms with Gasteiger partial charge >= 0.3 is 0 Å². The van der Waals surface area contributed by atoms with Crippen LogP contribution in [0.5, 0.6) is 0 Å². The van der Waals surface area contributed by atoms with E-state index in [9.17, 15) is 9.00 Å². The zero-order valence-corrected chi connectivity index (χ0v) is 15.8. The molecule has 0 aromatic heterocycles. The Hall–Kier alpha value is -2.60. The first kappa shape index (κ1) is 18.2. The van der Waals surface area contributed by atoms with E-state index >= 15 is 0 Å². The predicted molar refractivity (Wildman–Crippen MR) is 109 cm³/mol. The van der Waals surface area contributed by atoms with Gasteiger partial charge in [-0.1, -0.05) is 12.2 Å². The first-order valence-corrected chi connectivity index (χ1v) is 9.83. The van der Waals surface area contributed by atoms with Gasteiger partial charge in [-0.3, -0.25) is 4.79 Å². The third kappa shape index (κ3) is 4.52. The van der Waals surface area contributed by atoms with Crippen LogP contribution in [0.4, 0.5) is 17.1 Å². The Balaban J connectivity index is 1.59. The van der Waals surface area contributed by atoms with Crippen molar-refractivity contribution in [2.45, 2.75) is 19.1 Å². The molecular weight excluding hydrogens is 346 g/mol. The van der Waals surface area contributed by atoms with Crippen molar-refractivity contribution in [2.24, 2.45) is 0 Å². The van der Waals surface area contributed by atoms with Crippen LogP contribution in [0.25, 0.3) is 0 Å². The molecule has 0 fully saturated rings. The third-order valence-corrected chi connectivity index (χ3v) is 5.40. The number of anilines is 3. The van der Waals surface area contributed by atoms with Crippen molar-refractivity contribution in [1.82, 2.24) is 0 Å². The molecule has 26 heavy (non-hydrogen) atoms. The highest BCUT2D eigenvalue weighted by Crippen LogP contribution is 2.20. The maximum absolute atomic E-state index is 12.4. The maximum atomic E-state index is 12.4. The standard InChI is InChI=1S/C20H23N3O2S/c1-15(2)26(25)22-18-7-5-16(6-8-18)20(24)21-17-9-11-19(12-10-17)23-13-3-4-14-23/h3-12,15,22H,13-14H2,1-2H3,(H,21,24). The van der Waals surface area contributed by atoms with Crippen molar-refractivity contribution in [1.29, 1.82) is 0 Å². The van der Waals surface area contributed by atoms with Crippen molar-refractivity contribution in [3.8, 4) is 0 Å². The van der Waals surface area contributed by atoms with E-state index in [2.05, 4.69) is 27.1 Å². The fourth-order valence-corrected chi connectivity index (χ4v) is 3.18. The molecule has 1 aliphatic rings. The zero-order chi connectivity index (χ0) is 18.5. The number of carbonyl (C=O) groups excluding carboxylic acids is 1. The van der Waals surface area contributed by atoms with Crippen LogP contribution in [0.15, 0.2) is 60.7 Å². The summed E-state index contributed by atoms with van der Waals surface area (Å²) in [5.74, 6) is -0.169. The number of hydrogen-bond acceptors (Lipinski definition) is 3. The van der Waals surface area contributed by atoms with Gasteiger partial charge in [0.15, 0.2) is 0 Å². The summed E-state index contributed by atoms with van der Waals surface area (Å²) in [6, 6.07) is 14.8. The van der Waals surface area contributed by atoms with Crippen LogP contribution in [-0.2, 0) is 11.0 Å². The van der Waals surface area contributed by atoms with Crippen LogP contribution in [-0.4, -0.2) is 28.5 Å². The quantitative estimate of drug-likeness (QED) is 0.762. The van der Waals surface area contributed by atoms with Gasteiger partial charge in [-0.15, -0.1) is 0 Å². The first-order chi connectivity index (χ1) is 12.5. The lowest BCUT2D eigenvalue weighted by Crippen LogP contribution is -2.18. The van der Waals surface area contributed by atoms with E-state index in [4.69, 9.17) is 0 Å². The summed E-state index contributed by atoms with van der Waals surface area (Å²) in [4.78, 5) is 14.6. The molecule has 0 bridgehead atoms. The lowest BCUT2D eigenvalue weighted by atomic mass is 10.2. The van der Waals surface area contributed by atoms with Crippen molar-refractivity contribution >= 4 is 34.0 Å². The van der Waals surface area contributed by atoms with E-state index in [0.29, 0.717) is 5.56 Å². The van der Waals surface area contributed by atoms with Crippen LogP contribution in [0.3, 0.4) is 0 Å². The number of amides is 1. The Morgan fingerprint density at radius 3 is 2.12 bits per heavy atom. The van der Waals surface area contributed by atoms with Gasteiger partial charge < -0.3 is 14.9 Å². The molecule has 2 aromatic rings. The van der Waals surface area contributed by atoms with Gasteiger partial charge in [-0.2, -0.15) is 0 Å². The molecule has 6 heteroatoms. The largest absolute Gasteiger partial charge is 0.364 e. The van der Waals surface area contributed by atoms with Crippen LogP contribution in [0, 0.1) is 0 Å². The number of rotatable bonds is 6. The molecule has 2 aromatic carbocycles. The summed E-state index contributed by atoms with van der Waals surface area (Å²) < 4.78 is 14.7. The molecule has 0 aliphatic carbocycles. The summed E-state index contributed by atoms with van der Waals surface area (Å²) in [5.41, 5.74) is 3.19. The molecule has 1 aliphatic heterocycles. The van der Waals surface area contributed by atoms with Crippen LogP contribution in [0.2, 0.25) is 0 Å². The molecule has 5 nitrogen and oxygen atoms in total. The summed E-state index contributed by atoms with van der Waals surface area (Å²) in [6.07, 6.45) is 4.29. The van der Waals surface area contributed by atoms with Crippen LogP contribution >= 0.6 is 0 Å². The second kappa shape index (κ2) is 8.19. The number of benzene rings is 2. The van der Waals surface area contributed by atoms with Gasteiger partial charge in [0, 0.05) is 41.0 Å². The molecule has 1 heterocycles. The highest BCUT2D eigenvalue weighted by molar-refractivity contribution is 7.86. The van der Waals surface area contributed by atoms with E-state index in [0.717, 1.165) is 30.2 Å². The Kier molecular flexibility index (Phi) is 5.73. The van der Waals surface area contributed by atoms with Crippen molar-refractivity contribution in [2.75, 3.05) is 28.0 Å². The van der Waals surface area contributed by atoms with Crippen molar-refractivity contribution in [3.05, 3.63) is 66.2 Å². The van der Waals surface area contributed by atoms with Crippen molar-refractivity contribution in [3.63, 3.8) is 0 Å². The van der Waals surface area contributed by atoms with E-state index in [1.54, 1.807) is 24.3 Å². The molecule has 1 atom stereocenters. The molecule has 0 radical (unpaired) electrons. The second-order valence-electron chi connectivity index (χ2n) is 6.40. The van der Waals surface area contributed by atoms with Gasteiger partial charge in [0.1, 0.15) is 11.0 Å². The number of hydrogen-bond donors (Lipinski definition) is 2. The van der Waals surface area contributed by atoms with Gasteiger partial charge in [0.25, 0.3) is 5.91 Å². The van der Waals surface area contributed by atoms with Gasteiger partial charge in [-0.05, 0) is 62.4 Å². The number of carbonyl (C=O) groups is 1. The smallest absolute Gasteiger partial charge is 0.255 e. The van der Waals surface area contributed by atoms with Crippen LogP contribution in [0.1, 0.15) is 24.2 Å². The topological polar surface area (TPSA) is 61.4 Å². The maximum Gasteiger partial charge on any atom is 0.255 e. The SMILES string of the molecule is CC(C)S(=O)Nc1ccc(C(=O)Nc2ccc(N3CC=CC3)cc2)cc1. The van der Waals surface area contributed by atoms with Gasteiger partial charge in [0.2, 0.25) is 0 Å². The molecule has 2 N–H and O–H groups in total. The summed E-state index contributed by atoms with van der Waals surface area (Å²) in [7, 11) is -1.13. The fraction of sp³-hybridized carbons (Fsp3) is 0.250. The monoisotopic (exact) mass is 369 g/mol. The Bertz CT molecular complexity index is 806. The fourth-order valence-electron chi connectivity index (χ4n) is 2.57. The Labute approximate surface area is 156 Å². The second-order valence-corrected chi connectivity index (χ2v) is 8.14. The molecule has 1 amide bonds. The zero-order valence-electron chi connectivity index (χ0n) is 14.9. The number of nitrogens with zero attached hydrogens (tertiary/aromatic N) is 1. The summed E-state index contributed by atoms with van der Waals surface area (Å²) in [5, 5.41) is 2.93. The highest BCUT2D eigenvalue weighted by Gasteiger charge is 2.10. The van der Waals surface area contributed by atoms with E-state index < -0.39 is 11.0 Å². The minimum atomic E-state index is -1.13. The van der Waals surface area contributed by atoms with E-state index in [1.165, 1.54) is 0 Å². The minimum Gasteiger partial charge on any atom is -0.364 e. The average Bonchev–Trinajstić information content (AvgIpc) is 3.17. The molecule has 136 valence electrons. The van der Waals surface area contributed by atoms with Crippen LogP contribution < -0.4 is 14.9 Å². The molecular formula is C20H23N3O2S. The molecule has 0 spiro atoms. The minimum absolute atomic E-state index is 0.0253. The lowest BCUT2D eigenvalue weighted by molar-refractivity contribution is 0.102. The molecule has 3 rings (SSSR count). The molecule has 0 saturated heterocycles. The molecule has 1 unspecified atom stereocenters. The van der Waals surface area contributed by atoms with Gasteiger partial charge in [0.05, 0.1) is 0 Å². The lowest BCUT2D eigenvalue weighted by Gasteiger charge is -2.18. The first-order valence-electron chi connectivity index (χ1n) is 8.61. The number of nitrogens with one attached hydrogen (secondary N) is 2. The third-order valence-electron chi connectivity index (χ3n) is 4.10. The normalized spacial score (nSPS) is 14.5. The Morgan fingerprint density at radius 2 is 1.54 bits per heavy atom. The molecule has 0 saturated carbocycles. The van der Waals surface area contributed by atoms with Gasteiger partial charge in [-0.25, -0.2) is 4.21 Å². The van der Waals surface area contributed by atoms with E-state index in [1.807, 2.05) is 38.1 Å². The summed E-state index contributed by atoms with van der Waals surface area (Å²) >= 11 is 0. The summed E-state index contributed by atoms with van der Waals surface area (Å²) in [6.45, 7) is 5.62. The predicted octanol–water partition coefficient (Wildman–Crippen LogP) is 3.80. The van der Waals surface area contributed by atoms with Crippen molar-refractivity contribution < 1.29 is 9.00 Å². The average molecular weight is 369 g/mol. The highest BCUT2D eigenvalue weighted by atomic mass is 32.2. The van der Waals surface area contributed by atoms with E-state index in [-0.39, 0.29) is 11.2 Å².